The highest BCUT2D eigenvalue weighted by Gasteiger charge is 2.31. The van der Waals surface area contributed by atoms with E-state index in [1.807, 2.05) is 6.07 Å². The van der Waals surface area contributed by atoms with Gasteiger partial charge < -0.3 is 4.74 Å². The summed E-state index contributed by atoms with van der Waals surface area (Å²) >= 11 is 0. The maximum Gasteiger partial charge on any atom is 0.129 e. The van der Waals surface area contributed by atoms with Crippen molar-refractivity contribution in [1.29, 1.82) is 0 Å². The zero-order valence-electron chi connectivity index (χ0n) is 16.4. The van der Waals surface area contributed by atoms with Crippen LogP contribution in [0, 0.1) is 23.6 Å². The van der Waals surface area contributed by atoms with Crippen LogP contribution < -0.4 is 0 Å². The molecule has 0 unspecified atom stereocenters. The third-order valence-electron chi connectivity index (χ3n) is 6.95. The SMILES string of the molecule is C=CCOCc1ccc(C2CCC(C3CCC(CC)CC3)CC2)cc1F. The Bertz CT molecular complexity index is 566. The third-order valence-corrected chi connectivity index (χ3v) is 6.95. The van der Waals surface area contributed by atoms with Crippen molar-refractivity contribution in [3.63, 3.8) is 0 Å². The number of hydrogen-bond acceptors (Lipinski definition) is 1. The van der Waals surface area contributed by atoms with E-state index in [-0.39, 0.29) is 5.82 Å². The lowest BCUT2D eigenvalue weighted by atomic mass is 9.68. The van der Waals surface area contributed by atoms with E-state index >= 15 is 0 Å². The summed E-state index contributed by atoms with van der Waals surface area (Å²) < 4.78 is 19.7. The molecule has 3 rings (SSSR count). The van der Waals surface area contributed by atoms with E-state index in [2.05, 4.69) is 19.6 Å². The van der Waals surface area contributed by atoms with Crippen LogP contribution in [0.3, 0.4) is 0 Å². The van der Waals surface area contributed by atoms with Crippen LogP contribution in [0.1, 0.15) is 81.8 Å². The molecule has 2 aliphatic carbocycles. The molecule has 2 heteroatoms. The Morgan fingerprint density at radius 1 is 1.04 bits per heavy atom. The largest absolute Gasteiger partial charge is 0.373 e. The first-order chi connectivity index (χ1) is 12.7. The number of hydrogen-bond donors (Lipinski definition) is 0. The summed E-state index contributed by atoms with van der Waals surface area (Å²) in [6.07, 6.45) is 14.0. The molecule has 0 heterocycles. The Balaban J connectivity index is 1.50. The maximum atomic E-state index is 14.4. The Morgan fingerprint density at radius 3 is 2.27 bits per heavy atom. The summed E-state index contributed by atoms with van der Waals surface area (Å²) in [4.78, 5) is 0. The van der Waals surface area contributed by atoms with E-state index in [0.717, 1.165) is 17.8 Å². The van der Waals surface area contributed by atoms with Gasteiger partial charge in [0.25, 0.3) is 0 Å². The van der Waals surface area contributed by atoms with Gasteiger partial charge in [-0.3, -0.25) is 0 Å². The number of halogens is 1. The molecule has 0 aromatic heterocycles. The summed E-state index contributed by atoms with van der Waals surface area (Å²) in [6.45, 7) is 6.75. The molecule has 0 saturated heterocycles. The summed E-state index contributed by atoms with van der Waals surface area (Å²) in [5.41, 5.74) is 1.83. The fraction of sp³-hybridized carbons (Fsp3) is 0.667. The molecular formula is C24H35FO. The minimum atomic E-state index is -0.119. The predicted molar refractivity (Wildman–Crippen MR) is 107 cm³/mol. The van der Waals surface area contributed by atoms with Crippen molar-refractivity contribution < 1.29 is 9.13 Å². The summed E-state index contributed by atoms with van der Waals surface area (Å²) in [6, 6.07) is 5.78. The van der Waals surface area contributed by atoms with E-state index in [1.165, 1.54) is 63.4 Å². The second kappa shape index (κ2) is 9.69. The summed E-state index contributed by atoms with van der Waals surface area (Å²) in [7, 11) is 0. The molecule has 1 aromatic carbocycles. The minimum absolute atomic E-state index is 0.119. The minimum Gasteiger partial charge on any atom is -0.373 e. The van der Waals surface area contributed by atoms with Crippen LogP contribution in [0.25, 0.3) is 0 Å². The van der Waals surface area contributed by atoms with Crippen LogP contribution in [-0.4, -0.2) is 6.61 Å². The van der Waals surface area contributed by atoms with Crippen LogP contribution in [0.4, 0.5) is 4.39 Å². The fourth-order valence-corrected chi connectivity index (χ4v) is 5.18. The lowest BCUT2D eigenvalue weighted by Gasteiger charge is -2.38. The zero-order valence-corrected chi connectivity index (χ0v) is 16.4. The Morgan fingerprint density at radius 2 is 1.69 bits per heavy atom. The first-order valence-corrected chi connectivity index (χ1v) is 10.7. The monoisotopic (exact) mass is 358 g/mol. The van der Waals surface area contributed by atoms with Gasteiger partial charge in [-0.15, -0.1) is 6.58 Å². The molecule has 144 valence electrons. The van der Waals surface area contributed by atoms with Gasteiger partial charge in [0.05, 0.1) is 13.2 Å². The molecule has 2 fully saturated rings. The van der Waals surface area contributed by atoms with Gasteiger partial charge in [0.15, 0.2) is 0 Å². The van der Waals surface area contributed by atoms with Crippen molar-refractivity contribution in [2.45, 2.75) is 77.2 Å². The van der Waals surface area contributed by atoms with Crippen molar-refractivity contribution in [1.82, 2.24) is 0 Å². The molecule has 1 nitrogen and oxygen atoms in total. The van der Waals surface area contributed by atoms with Gasteiger partial charge in [0.2, 0.25) is 0 Å². The molecule has 0 aliphatic heterocycles. The highest BCUT2D eigenvalue weighted by Crippen LogP contribution is 2.44. The quantitative estimate of drug-likeness (QED) is 0.376. The molecule has 0 radical (unpaired) electrons. The third kappa shape index (κ3) is 4.97. The first-order valence-electron chi connectivity index (χ1n) is 10.7. The predicted octanol–water partition coefficient (Wildman–Crippen LogP) is 7.02. The Kier molecular flexibility index (Phi) is 7.31. The van der Waals surface area contributed by atoms with Crippen molar-refractivity contribution in [3.8, 4) is 0 Å². The molecule has 2 aliphatic rings. The summed E-state index contributed by atoms with van der Waals surface area (Å²) in [5.74, 6) is 3.28. The molecule has 0 bridgehead atoms. The van der Waals surface area contributed by atoms with Crippen LogP contribution in [0.2, 0.25) is 0 Å². The molecule has 0 amide bonds. The van der Waals surface area contributed by atoms with Crippen molar-refractivity contribution >= 4 is 0 Å². The summed E-state index contributed by atoms with van der Waals surface area (Å²) in [5, 5.41) is 0. The van der Waals surface area contributed by atoms with Gasteiger partial charge in [-0.2, -0.15) is 0 Å². The van der Waals surface area contributed by atoms with Gasteiger partial charge in [-0.05, 0) is 73.8 Å². The van der Waals surface area contributed by atoms with Crippen LogP contribution in [0.15, 0.2) is 30.9 Å². The fourth-order valence-electron chi connectivity index (χ4n) is 5.18. The Hall–Kier alpha value is -1.15. The van der Waals surface area contributed by atoms with Crippen molar-refractivity contribution in [3.05, 3.63) is 47.8 Å². The van der Waals surface area contributed by atoms with E-state index < -0.39 is 0 Å². The average Bonchev–Trinajstić information content (AvgIpc) is 2.69. The van der Waals surface area contributed by atoms with Crippen LogP contribution in [0.5, 0.6) is 0 Å². The van der Waals surface area contributed by atoms with Gasteiger partial charge >= 0.3 is 0 Å². The van der Waals surface area contributed by atoms with E-state index in [0.29, 0.717) is 24.7 Å². The molecule has 0 spiro atoms. The molecule has 2 saturated carbocycles. The smallest absolute Gasteiger partial charge is 0.129 e. The van der Waals surface area contributed by atoms with Crippen LogP contribution in [-0.2, 0) is 11.3 Å². The number of benzene rings is 1. The first kappa shape index (κ1) is 19.6. The van der Waals surface area contributed by atoms with Gasteiger partial charge in [0, 0.05) is 5.56 Å². The highest BCUT2D eigenvalue weighted by atomic mass is 19.1. The van der Waals surface area contributed by atoms with Gasteiger partial charge in [-0.25, -0.2) is 4.39 Å². The number of rotatable bonds is 7. The normalized spacial score (nSPS) is 29.5. The molecule has 0 atom stereocenters. The molecule has 0 N–H and O–H groups in total. The topological polar surface area (TPSA) is 9.23 Å². The number of ether oxygens (including phenoxy) is 1. The maximum absolute atomic E-state index is 14.4. The van der Waals surface area contributed by atoms with E-state index in [9.17, 15) is 4.39 Å². The molecular weight excluding hydrogens is 323 g/mol. The second-order valence-corrected chi connectivity index (χ2v) is 8.46. The molecule has 1 aromatic rings. The lowest BCUT2D eigenvalue weighted by molar-refractivity contribution is 0.146. The zero-order chi connectivity index (χ0) is 18.4. The van der Waals surface area contributed by atoms with E-state index in [4.69, 9.17) is 4.74 Å². The average molecular weight is 359 g/mol. The van der Waals surface area contributed by atoms with Crippen molar-refractivity contribution in [2.24, 2.45) is 17.8 Å². The van der Waals surface area contributed by atoms with Crippen LogP contribution >= 0.6 is 0 Å². The van der Waals surface area contributed by atoms with E-state index in [1.54, 1.807) is 12.1 Å². The van der Waals surface area contributed by atoms with Gasteiger partial charge in [-0.1, -0.05) is 44.4 Å². The second-order valence-electron chi connectivity index (χ2n) is 8.46. The Labute approximate surface area is 159 Å². The standard InChI is InChI=1S/C24H35FO/c1-3-15-26-17-23-14-13-22(16-24(23)25)21-11-9-20(10-12-21)19-7-5-18(4-2)6-8-19/h3,13-14,16,18-21H,1,4-12,15,17H2,2H3. The van der Waals surface area contributed by atoms with Gasteiger partial charge in [0.1, 0.15) is 5.82 Å². The molecule has 26 heavy (non-hydrogen) atoms. The highest BCUT2D eigenvalue weighted by molar-refractivity contribution is 5.27. The van der Waals surface area contributed by atoms with Crippen molar-refractivity contribution in [2.75, 3.05) is 6.61 Å². The lowest BCUT2D eigenvalue weighted by Crippen LogP contribution is -2.25.